The number of aryl methyl sites for hydroxylation is 1. The Hall–Kier alpha value is -3.34. The molecule has 1 aliphatic heterocycles. The molecule has 2 atom stereocenters. The Balaban J connectivity index is 1.58. The summed E-state index contributed by atoms with van der Waals surface area (Å²) < 4.78 is 19.6. The third-order valence-corrected chi connectivity index (χ3v) is 6.43. The molecule has 0 saturated carbocycles. The molecule has 0 saturated heterocycles. The van der Waals surface area contributed by atoms with E-state index in [-0.39, 0.29) is 11.9 Å². The molecule has 0 fully saturated rings. The van der Waals surface area contributed by atoms with Gasteiger partial charge in [0, 0.05) is 18.3 Å². The Kier molecular flexibility index (Phi) is 6.17. The topological polar surface area (TPSA) is 49.8 Å². The van der Waals surface area contributed by atoms with Crippen LogP contribution in [0.25, 0.3) is 11.1 Å². The van der Waals surface area contributed by atoms with Gasteiger partial charge in [0.15, 0.2) is 0 Å². The SMILES string of the molecule is COc1ccc(F)c(-c2ccc(C3CCc4ccc(CC(C)C(=O)O)cc4N3C)cc2)c1. The summed E-state index contributed by atoms with van der Waals surface area (Å²) >= 11 is 0. The van der Waals surface area contributed by atoms with Crippen LogP contribution in [0.5, 0.6) is 5.75 Å². The number of anilines is 1. The number of hydrogen-bond donors (Lipinski definition) is 1. The zero-order valence-corrected chi connectivity index (χ0v) is 18.6. The lowest BCUT2D eigenvalue weighted by Crippen LogP contribution is -2.29. The van der Waals surface area contributed by atoms with Gasteiger partial charge in [-0.1, -0.05) is 43.3 Å². The maximum atomic E-state index is 14.4. The summed E-state index contributed by atoms with van der Waals surface area (Å²) in [5.41, 5.74) is 5.98. The molecule has 0 spiro atoms. The van der Waals surface area contributed by atoms with Crippen LogP contribution in [0.3, 0.4) is 0 Å². The van der Waals surface area contributed by atoms with Gasteiger partial charge in [-0.2, -0.15) is 0 Å². The van der Waals surface area contributed by atoms with Crippen LogP contribution in [0.15, 0.2) is 60.7 Å². The Bertz CT molecular complexity index is 1130. The van der Waals surface area contributed by atoms with Crippen molar-refractivity contribution in [3.8, 4) is 16.9 Å². The summed E-state index contributed by atoms with van der Waals surface area (Å²) in [5.74, 6) is -0.837. The fraction of sp³-hybridized carbons (Fsp3) is 0.296. The molecule has 4 rings (SSSR count). The van der Waals surface area contributed by atoms with E-state index in [0.29, 0.717) is 17.7 Å². The van der Waals surface area contributed by atoms with Gasteiger partial charge in [0.1, 0.15) is 11.6 Å². The van der Waals surface area contributed by atoms with Crippen LogP contribution in [0.2, 0.25) is 0 Å². The van der Waals surface area contributed by atoms with E-state index in [0.717, 1.165) is 29.7 Å². The Morgan fingerprint density at radius 2 is 1.91 bits per heavy atom. The highest BCUT2D eigenvalue weighted by molar-refractivity contribution is 5.70. The number of fused-ring (bicyclic) bond motifs is 1. The van der Waals surface area contributed by atoms with Crippen molar-refractivity contribution in [3.05, 3.63) is 83.2 Å². The molecule has 166 valence electrons. The Labute approximate surface area is 188 Å². The average molecular weight is 434 g/mol. The number of methoxy groups -OCH3 is 1. The van der Waals surface area contributed by atoms with Gasteiger partial charge in [-0.15, -0.1) is 0 Å². The van der Waals surface area contributed by atoms with E-state index in [9.17, 15) is 14.3 Å². The number of ether oxygens (including phenoxy) is 1. The largest absolute Gasteiger partial charge is 0.497 e. The number of aliphatic carboxylic acids is 1. The third-order valence-electron chi connectivity index (χ3n) is 6.43. The minimum atomic E-state index is -0.776. The van der Waals surface area contributed by atoms with Crippen LogP contribution in [0.4, 0.5) is 10.1 Å². The van der Waals surface area contributed by atoms with Gasteiger partial charge in [-0.25, -0.2) is 4.39 Å². The van der Waals surface area contributed by atoms with Crippen LogP contribution >= 0.6 is 0 Å². The van der Waals surface area contributed by atoms with Crippen molar-refractivity contribution in [2.45, 2.75) is 32.2 Å². The number of rotatable bonds is 6. The molecule has 1 heterocycles. The number of halogens is 1. The quantitative estimate of drug-likeness (QED) is 0.527. The molecular weight excluding hydrogens is 405 g/mol. The lowest BCUT2D eigenvalue weighted by molar-refractivity contribution is -0.141. The van der Waals surface area contributed by atoms with Gasteiger partial charge in [-0.05, 0) is 65.8 Å². The average Bonchev–Trinajstić information content (AvgIpc) is 2.80. The van der Waals surface area contributed by atoms with E-state index in [1.54, 1.807) is 26.2 Å². The second-order valence-electron chi connectivity index (χ2n) is 8.54. The predicted molar refractivity (Wildman–Crippen MR) is 125 cm³/mol. The van der Waals surface area contributed by atoms with Crippen LogP contribution in [-0.4, -0.2) is 25.2 Å². The van der Waals surface area contributed by atoms with Crippen molar-refractivity contribution < 1.29 is 19.0 Å². The Morgan fingerprint density at radius 3 is 2.59 bits per heavy atom. The lowest BCUT2D eigenvalue weighted by atomic mass is 9.89. The molecule has 32 heavy (non-hydrogen) atoms. The lowest BCUT2D eigenvalue weighted by Gasteiger charge is -2.37. The van der Waals surface area contributed by atoms with E-state index >= 15 is 0 Å². The van der Waals surface area contributed by atoms with E-state index in [2.05, 4.69) is 36.2 Å². The standard InChI is InChI=1S/C27H28FNO3/c1-17(27(30)31)14-18-4-5-21-10-13-25(29(2)26(21)15-18)20-8-6-19(7-9-20)23-16-22(32-3)11-12-24(23)28/h4-9,11-12,15-17,25H,10,13-14H2,1-3H3,(H,30,31). The van der Waals surface area contributed by atoms with E-state index in [4.69, 9.17) is 4.74 Å². The monoisotopic (exact) mass is 433 g/mol. The summed E-state index contributed by atoms with van der Waals surface area (Å²) in [6, 6.07) is 19.3. The molecule has 0 radical (unpaired) electrons. The molecule has 3 aromatic rings. The minimum absolute atomic E-state index is 0.207. The predicted octanol–water partition coefficient (Wildman–Crippen LogP) is 5.89. The van der Waals surface area contributed by atoms with Crippen molar-refractivity contribution in [3.63, 3.8) is 0 Å². The Morgan fingerprint density at radius 1 is 1.16 bits per heavy atom. The number of carboxylic acid groups (broad SMARTS) is 1. The van der Waals surface area contributed by atoms with Gasteiger partial charge in [0.05, 0.1) is 19.1 Å². The van der Waals surface area contributed by atoms with Gasteiger partial charge in [0.25, 0.3) is 0 Å². The van der Waals surface area contributed by atoms with Gasteiger partial charge < -0.3 is 14.7 Å². The number of carbonyl (C=O) groups is 1. The molecule has 2 unspecified atom stereocenters. The first kappa shape index (κ1) is 21.9. The number of benzene rings is 3. The summed E-state index contributed by atoms with van der Waals surface area (Å²) in [6.07, 6.45) is 2.47. The van der Waals surface area contributed by atoms with E-state index in [1.807, 2.05) is 18.2 Å². The fourth-order valence-electron chi connectivity index (χ4n) is 4.50. The summed E-state index contributed by atoms with van der Waals surface area (Å²) in [7, 11) is 3.66. The second-order valence-corrected chi connectivity index (χ2v) is 8.54. The molecule has 4 nitrogen and oxygen atoms in total. The minimum Gasteiger partial charge on any atom is -0.497 e. The van der Waals surface area contributed by atoms with Crippen LogP contribution in [0.1, 0.15) is 36.1 Å². The zero-order valence-electron chi connectivity index (χ0n) is 18.6. The van der Waals surface area contributed by atoms with E-state index in [1.165, 1.54) is 17.2 Å². The maximum absolute atomic E-state index is 14.4. The first-order valence-electron chi connectivity index (χ1n) is 10.9. The third kappa shape index (κ3) is 4.33. The molecule has 0 amide bonds. The number of carboxylic acids is 1. The van der Waals surface area contributed by atoms with Crippen molar-refractivity contribution in [1.29, 1.82) is 0 Å². The van der Waals surface area contributed by atoms with Crippen LogP contribution in [-0.2, 0) is 17.6 Å². The van der Waals surface area contributed by atoms with Crippen molar-refractivity contribution in [2.24, 2.45) is 5.92 Å². The van der Waals surface area contributed by atoms with Crippen LogP contribution in [0, 0.1) is 11.7 Å². The number of nitrogens with zero attached hydrogens (tertiary/aromatic N) is 1. The first-order valence-corrected chi connectivity index (χ1v) is 10.9. The normalized spacial score (nSPS) is 16.4. The van der Waals surface area contributed by atoms with Gasteiger partial charge in [-0.3, -0.25) is 4.79 Å². The van der Waals surface area contributed by atoms with Crippen molar-refractivity contribution in [2.75, 3.05) is 19.1 Å². The molecule has 5 heteroatoms. The van der Waals surface area contributed by atoms with Crippen molar-refractivity contribution >= 4 is 11.7 Å². The summed E-state index contributed by atoms with van der Waals surface area (Å²) in [4.78, 5) is 13.5. The number of hydrogen-bond acceptors (Lipinski definition) is 3. The highest BCUT2D eigenvalue weighted by atomic mass is 19.1. The second kappa shape index (κ2) is 9.03. The first-order chi connectivity index (χ1) is 15.4. The highest BCUT2D eigenvalue weighted by Gasteiger charge is 2.25. The fourth-order valence-corrected chi connectivity index (χ4v) is 4.50. The summed E-state index contributed by atoms with van der Waals surface area (Å²) in [6.45, 7) is 1.74. The van der Waals surface area contributed by atoms with E-state index < -0.39 is 11.9 Å². The van der Waals surface area contributed by atoms with Gasteiger partial charge >= 0.3 is 5.97 Å². The molecule has 3 aromatic carbocycles. The summed E-state index contributed by atoms with van der Waals surface area (Å²) in [5, 5.41) is 9.23. The van der Waals surface area contributed by atoms with Crippen molar-refractivity contribution in [1.82, 2.24) is 0 Å². The molecular formula is C27H28FNO3. The molecule has 0 aromatic heterocycles. The maximum Gasteiger partial charge on any atom is 0.306 e. The molecule has 0 bridgehead atoms. The van der Waals surface area contributed by atoms with Gasteiger partial charge in [0.2, 0.25) is 0 Å². The smallest absolute Gasteiger partial charge is 0.306 e. The molecule has 1 N–H and O–H groups in total. The zero-order chi connectivity index (χ0) is 22.8. The van der Waals surface area contributed by atoms with Crippen LogP contribution < -0.4 is 9.64 Å². The molecule has 0 aliphatic carbocycles. The molecule has 1 aliphatic rings. The highest BCUT2D eigenvalue weighted by Crippen LogP contribution is 2.39.